The van der Waals surface area contributed by atoms with Crippen molar-refractivity contribution in [3.8, 4) is 11.1 Å². The van der Waals surface area contributed by atoms with Gasteiger partial charge in [-0.1, -0.05) is 102 Å². The number of rotatable bonds is 1. The third kappa shape index (κ3) is 4.52. The molecule has 0 spiro atoms. The van der Waals surface area contributed by atoms with Crippen LogP contribution >= 0.6 is 0 Å². The topological polar surface area (TPSA) is 0 Å². The second-order valence-electron chi connectivity index (χ2n) is 11.4. The van der Waals surface area contributed by atoms with Gasteiger partial charge in [-0.05, 0) is 63.0 Å². The Morgan fingerprint density at radius 3 is 1.72 bits per heavy atom. The molecule has 0 radical (unpaired) electrons. The number of hydrogen-bond donors (Lipinski definition) is 0. The van der Waals surface area contributed by atoms with Gasteiger partial charge in [-0.25, -0.2) is 0 Å². The van der Waals surface area contributed by atoms with Crippen molar-refractivity contribution in [2.45, 2.75) is 71.1 Å². The zero-order chi connectivity index (χ0) is 20.6. The molecule has 0 aromatic heterocycles. The van der Waals surface area contributed by atoms with Crippen molar-refractivity contribution in [1.29, 1.82) is 0 Å². The third-order valence-corrected chi connectivity index (χ3v) is 7.51. The van der Waals surface area contributed by atoms with E-state index in [4.69, 9.17) is 0 Å². The van der Waals surface area contributed by atoms with E-state index < -0.39 is 0 Å². The summed E-state index contributed by atoms with van der Waals surface area (Å²) in [6.45, 7) is 13.9. The molecule has 2 unspecified atom stereocenters. The molecule has 2 atom stereocenters. The Kier molecular flexibility index (Phi) is 8.25. The van der Waals surface area contributed by atoms with Crippen LogP contribution in [0.4, 0.5) is 0 Å². The van der Waals surface area contributed by atoms with Gasteiger partial charge in [0.2, 0.25) is 0 Å². The van der Waals surface area contributed by atoms with Gasteiger partial charge in [-0.2, -0.15) is 0 Å². The zero-order valence-electron chi connectivity index (χ0n) is 20.1. The minimum absolute atomic E-state index is 0. The monoisotopic (exact) mass is 542 g/mol. The summed E-state index contributed by atoms with van der Waals surface area (Å²) in [4.78, 5) is 0. The average molecular weight is 545 g/mol. The Morgan fingerprint density at radius 1 is 0.750 bits per heavy atom. The maximum atomic E-state index is 2.50. The van der Waals surface area contributed by atoms with E-state index in [-0.39, 0.29) is 61.8 Å². The summed E-state index contributed by atoms with van der Waals surface area (Å²) in [5, 5.41) is 0. The van der Waals surface area contributed by atoms with Crippen LogP contribution in [0.3, 0.4) is 0 Å². The van der Waals surface area contributed by atoms with Gasteiger partial charge in [0.05, 0.1) is 0 Å². The van der Waals surface area contributed by atoms with Crippen molar-refractivity contribution >= 4 is 0 Å². The second kappa shape index (κ2) is 9.56. The largest absolute Gasteiger partial charge is 2.00 e. The molecule has 3 aliphatic carbocycles. The van der Waals surface area contributed by atoms with Crippen LogP contribution in [0.25, 0.3) is 11.1 Å². The minimum Gasteiger partial charge on any atom is -1.00 e. The third-order valence-electron chi connectivity index (χ3n) is 7.51. The smallest absolute Gasteiger partial charge is 1.00 e. The number of allylic oxidation sites excluding steroid dienone is 4. The van der Waals surface area contributed by atoms with Crippen molar-refractivity contribution in [2.75, 3.05) is 0 Å². The van der Waals surface area contributed by atoms with Gasteiger partial charge in [0, 0.05) is 11.8 Å². The zero-order valence-corrected chi connectivity index (χ0v) is 24.1. The standard InChI is InChI=1S/C29H34.2ClH.Zr/c1-28(2,3)19-11-14-23-25(16-19)26-17-20(29(4,5)6)12-15-24(26)27(23)22-13-10-18-8-7-9-21(18)22;;;/h7-9,11-12,14-17,21-22,27H,10,13H2,1-6H3;2*1H;/q;;;+2/p-2. The summed E-state index contributed by atoms with van der Waals surface area (Å²) in [6, 6.07) is 14.7. The molecule has 0 N–H and O–H groups in total. The van der Waals surface area contributed by atoms with E-state index in [1.807, 2.05) is 0 Å². The fourth-order valence-corrected chi connectivity index (χ4v) is 5.77. The molecule has 5 rings (SSSR count). The van der Waals surface area contributed by atoms with Gasteiger partial charge in [-0.3, -0.25) is 0 Å². The van der Waals surface area contributed by atoms with Crippen LogP contribution in [0, 0.1) is 11.8 Å². The number of halogens is 2. The molecule has 0 heterocycles. The van der Waals surface area contributed by atoms with E-state index in [0.717, 1.165) is 0 Å². The Morgan fingerprint density at radius 2 is 1.25 bits per heavy atom. The van der Waals surface area contributed by atoms with Crippen LogP contribution in [-0.2, 0) is 37.0 Å². The van der Waals surface area contributed by atoms with E-state index in [1.165, 1.54) is 35.1 Å². The molecule has 0 aliphatic heterocycles. The quantitative estimate of drug-likeness (QED) is 0.515. The summed E-state index contributed by atoms with van der Waals surface area (Å²) in [5.74, 6) is 1.87. The van der Waals surface area contributed by atoms with Crippen LogP contribution in [0.1, 0.15) is 82.6 Å². The number of fused-ring (bicyclic) bond motifs is 4. The van der Waals surface area contributed by atoms with E-state index in [0.29, 0.717) is 17.8 Å². The molecule has 1 saturated carbocycles. The Bertz CT molecular complexity index is 986. The van der Waals surface area contributed by atoms with E-state index in [1.54, 1.807) is 16.7 Å². The molecule has 2 aromatic carbocycles. The number of hydrogen-bond acceptors (Lipinski definition) is 0. The summed E-state index contributed by atoms with van der Waals surface area (Å²) in [5.41, 5.74) is 11.0. The second-order valence-corrected chi connectivity index (χ2v) is 11.4. The maximum absolute atomic E-state index is 2.50. The predicted octanol–water partition coefficient (Wildman–Crippen LogP) is 1.92. The van der Waals surface area contributed by atoms with E-state index >= 15 is 0 Å². The van der Waals surface area contributed by atoms with Crippen LogP contribution in [0.15, 0.2) is 60.2 Å². The molecule has 0 bridgehead atoms. The van der Waals surface area contributed by atoms with Crippen molar-refractivity contribution in [1.82, 2.24) is 0 Å². The van der Waals surface area contributed by atoms with Crippen molar-refractivity contribution in [3.05, 3.63) is 82.5 Å². The Hall–Kier alpha value is -0.617. The summed E-state index contributed by atoms with van der Waals surface area (Å²) < 4.78 is 0. The summed E-state index contributed by atoms with van der Waals surface area (Å²) in [6.07, 6.45) is 9.69. The fourth-order valence-electron chi connectivity index (χ4n) is 5.77. The van der Waals surface area contributed by atoms with Gasteiger partial charge in [0.15, 0.2) is 0 Å². The normalized spacial score (nSPS) is 21.0. The molecule has 32 heavy (non-hydrogen) atoms. The molecular formula is C29H34Cl2Zr. The fraction of sp³-hybridized carbons (Fsp3) is 0.448. The summed E-state index contributed by atoms with van der Waals surface area (Å²) in [7, 11) is 0. The van der Waals surface area contributed by atoms with E-state index in [2.05, 4.69) is 96.2 Å². The van der Waals surface area contributed by atoms with Crippen LogP contribution in [0.2, 0.25) is 0 Å². The Labute approximate surface area is 226 Å². The molecule has 2 aromatic rings. The van der Waals surface area contributed by atoms with E-state index in [9.17, 15) is 0 Å². The van der Waals surface area contributed by atoms with Crippen molar-refractivity contribution < 1.29 is 51.0 Å². The van der Waals surface area contributed by atoms with Gasteiger partial charge in [-0.15, -0.1) is 0 Å². The van der Waals surface area contributed by atoms with Crippen molar-refractivity contribution in [2.24, 2.45) is 11.8 Å². The Balaban J connectivity index is 0.00000121. The molecular weight excluding hydrogens is 510 g/mol. The first-order valence-electron chi connectivity index (χ1n) is 11.3. The van der Waals surface area contributed by atoms with Gasteiger partial charge in [0.25, 0.3) is 0 Å². The van der Waals surface area contributed by atoms with Gasteiger partial charge < -0.3 is 24.8 Å². The molecule has 168 valence electrons. The number of benzene rings is 2. The van der Waals surface area contributed by atoms with Crippen LogP contribution in [0.5, 0.6) is 0 Å². The first-order valence-corrected chi connectivity index (χ1v) is 11.3. The average Bonchev–Trinajstić information content (AvgIpc) is 3.32. The van der Waals surface area contributed by atoms with Crippen molar-refractivity contribution in [3.63, 3.8) is 0 Å². The predicted molar refractivity (Wildman–Crippen MR) is 125 cm³/mol. The molecule has 0 nitrogen and oxygen atoms in total. The molecule has 3 aliphatic rings. The first kappa shape index (κ1) is 27.6. The van der Waals surface area contributed by atoms with Gasteiger partial charge in [0.1, 0.15) is 0 Å². The van der Waals surface area contributed by atoms with Crippen LogP contribution in [-0.4, -0.2) is 0 Å². The summed E-state index contributed by atoms with van der Waals surface area (Å²) >= 11 is 0. The maximum Gasteiger partial charge on any atom is 2.00 e. The minimum atomic E-state index is 0. The SMILES string of the molecule is CC(C)(C)c1ccc2c(c1)-c1cc(C(C)(C)C)ccc1C2C1CCC2=CC=CC21.[Cl-].[Cl-].[Zr+2]. The molecule has 1 fully saturated rings. The van der Waals surface area contributed by atoms with Crippen LogP contribution < -0.4 is 24.8 Å². The molecule has 0 amide bonds. The van der Waals surface area contributed by atoms with Gasteiger partial charge >= 0.3 is 26.2 Å². The molecule has 0 saturated heterocycles. The molecule has 3 heteroatoms. The first-order chi connectivity index (χ1) is 13.6.